The van der Waals surface area contributed by atoms with E-state index in [4.69, 9.17) is 24.0 Å². The van der Waals surface area contributed by atoms with Gasteiger partial charge in [-0.05, 0) is 37.3 Å². The van der Waals surface area contributed by atoms with Crippen LogP contribution in [0.4, 0.5) is 8.78 Å². The quantitative estimate of drug-likeness (QED) is 0.145. The van der Waals surface area contributed by atoms with Gasteiger partial charge in [0.15, 0.2) is 5.58 Å². The predicted molar refractivity (Wildman–Crippen MR) is 168 cm³/mol. The summed E-state index contributed by atoms with van der Waals surface area (Å²) >= 11 is 0. The lowest BCUT2D eigenvalue weighted by atomic mass is 9.95. The number of pyridine rings is 1. The first-order valence-corrected chi connectivity index (χ1v) is 14.7. The maximum Gasteiger partial charge on any atom is 0.246 e. The minimum atomic E-state index is -0.831. The van der Waals surface area contributed by atoms with E-state index in [-0.39, 0.29) is 36.5 Å². The number of methoxy groups -OCH3 is 1. The molecule has 234 valence electrons. The maximum atomic E-state index is 16.0. The standard InChI is InChI=1S/C34H30F2N6O4/c1-5-29(43)41-17-19(2)42-23(18-41)15-26(39-42)33-30(31-25(36)13-22(35)14-28(31)45-11-10-44-4)24-8-9-46-34(24)32(38-33)20-6-7-27-21(12-20)16-37-40(27)3/h5-9,12-16,19H,1,10-11,17-18H2,2-4H3. The Bertz CT molecular complexity index is 2150. The number of carbonyl (C=O) groups excluding carboxylic acids is 1. The number of fused-ring (bicyclic) bond motifs is 3. The van der Waals surface area contributed by atoms with Crippen molar-refractivity contribution in [2.75, 3.05) is 26.9 Å². The van der Waals surface area contributed by atoms with Crippen LogP contribution in [0.5, 0.6) is 5.75 Å². The molecule has 6 aromatic rings. The molecule has 4 aromatic heterocycles. The smallest absolute Gasteiger partial charge is 0.246 e. The molecule has 5 heterocycles. The number of halogens is 2. The molecule has 1 amide bonds. The molecular weight excluding hydrogens is 594 g/mol. The topological polar surface area (TPSA) is 100 Å². The minimum absolute atomic E-state index is 0.00951. The highest BCUT2D eigenvalue weighted by molar-refractivity contribution is 6.07. The fraction of sp³-hybridized carbons (Fsp3) is 0.235. The second kappa shape index (κ2) is 11.5. The van der Waals surface area contributed by atoms with Crippen LogP contribution < -0.4 is 4.74 Å². The third-order valence-corrected chi connectivity index (χ3v) is 8.24. The highest BCUT2D eigenvalue weighted by Crippen LogP contribution is 2.46. The van der Waals surface area contributed by atoms with Crippen LogP contribution in [0.2, 0.25) is 0 Å². The first-order valence-electron chi connectivity index (χ1n) is 14.7. The van der Waals surface area contributed by atoms with E-state index in [9.17, 15) is 9.18 Å². The van der Waals surface area contributed by atoms with Crippen LogP contribution in [0.15, 0.2) is 72.0 Å². The molecule has 1 atom stereocenters. The SMILES string of the molecule is C=CC(=O)N1Cc2cc(-c3nc(-c4ccc5c(cnn5C)c4)c4occc4c3-c3c(F)cc(F)cc3OCCOC)nn2C(C)C1. The van der Waals surface area contributed by atoms with E-state index >= 15 is 4.39 Å². The zero-order chi connectivity index (χ0) is 32.1. The minimum Gasteiger partial charge on any atom is -0.490 e. The Morgan fingerprint density at radius 2 is 1.98 bits per heavy atom. The molecule has 2 aromatic carbocycles. The molecule has 0 aliphatic carbocycles. The molecule has 12 heteroatoms. The average Bonchev–Trinajstić information content (AvgIpc) is 3.79. The molecule has 0 saturated carbocycles. The Balaban J connectivity index is 1.50. The number of rotatable bonds is 8. The van der Waals surface area contributed by atoms with Gasteiger partial charge in [0.2, 0.25) is 5.91 Å². The van der Waals surface area contributed by atoms with Crippen LogP contribution in [-0.4, -0.2) is 62.2 Å². The summed E-state index contributed by atoms with van der Waals surface area (Å²) in [5, 5.41) is 10.7. The first kappa shape index (κ1) is 29.4. The van der Waals surface area contributed by atoms with Gasteiger partial charge in [-0.1, -0.05) is 12.6 Å². The van der Waals surface area contributed by atoms with Crippen molar-refractivity contribution in [1.82, 2.24) is 29.4 Å². The van der Waals surface area contributed by atoms with Crippen LogP contribution in [0.25, 0.3) is 55.6 Å². The van der Waals surface area contributed by atoms with Crippen LogP contribution in [0.3, 0.4) is 0 Å². The highest BCUT2D eigenvalue weighted by Gasteiger charge is 2.30. The van der Waals surface area contributed by atoms with Crippen LogP contribution in [-0.2, 0) is 23.1 Å². The second-order valence-electron chi connectivity index (χ2n) is 11.2. The summed E-state index contributed by atoms with van der Waals surface area (Å²) in [7, 11) is 3.38. The molecule has 0 fully saturated rings. The van der Waals surface area contributed by atoms with E-state index in [1.165, 1.54) is 19.4 Å². The van der Waals surface area contributed by atoms with Gasteiger partial charge in [-0.25, -0.2) is 13.8 Å². The number of hydrogen-bond acceptors (Lipinski definition) is 7. The molecule has 1 aliphatic rings. The summed E-state index contributed by atoms with van der Waals surface area (Å²) in [5.41, 5.74) is 4.53. The Labute approximate surface area is 262 Å². The van der Waals surface area contributed by atoms with Gasteiger partial charge in [-0.2, -0.15) is 10.2 Å². The Hall–Kier alpha value is -5.36. The number of ether oxygens (including phenoxy) is 2. The summed E-state index contributed by atoms with van der Waals surface area (Å²) < 4.78 is 51.2. The number of aryl methyl sites for hydroxylation is 1. The fourth-order valence-corrected chi connectivity index (χ4v) is 6.12. The fourth-order valence-electron chi connectivity index (χ4n) is 6.12. The average molecular weight is 625 g/mol. The van der Waals surface area contributed by atoms with Crippen molar-refractivity contribution in [3.05, 3.63) is 84.9 Å². The van der Waals surface area contributed by atoms with Gasteiger partial charge >= 0.3 is 0 Å². The molecule has 7 rings (SSSR count). The molecular formula is C34H30F2N6O4. The van der Waals surface area contributed by atoms with Crippen LogP contribution in [0, 0.1) is 11.6 Å². The van der Waals surface area contributed by atoms with E-state index in [1.54, 1.807) is 21.8 Å². The van der Waals surface area contributed by atoms with Crippen molar-refractivity contribution in [2.24, 2.45) is 7.05 Å². The lowest BCUT2D eigenvalue weighted by molar-refractivity contribution is -0.127. The van der Waals surface area contributed by atoms with Gasteiger partial charge in [0.05, 0.1) is 48.4 Å². The third kappa shape index (κ3) is 4.91. The molecule has 0 bridgehead atoms. The van der Waals surface area contributed by atoms with Gasteiger partial charge in [0.1, 0.15) is 41.1 Å². The Morgan fingerprint density at radius 3 is 2.78 bits per heavy atom. The second-order valence-corrected chi connectivity index (χ2v) is 11.2. The summed E-state index contributed by atoms with van der Waals surface area (Å²) in [6, 6.07) is 11.2. The van der Waals surface area contributed by atoms with Crippen molar-refractivity contribution >= 4 is 27.8 Å². The lowest BCUT2D eigenvalue weighted by Gasteiger charge is -2.31. The summed E-state index contributed by atoms with van der Waals surface area (Å²) in [4.78, 5) is 19.3. The van der Waals surface area contributed by atoms with Crippen molar-refractivity contribution in [3.63, 3.8) is 0 Å². The Kier molecular flexibility index (Phi) is 7.36. The lowest BCUT2D eigenvalue weighted by Crippen LogP contribution is -2.39. The van der Waals surface area contributed by atoms with Crippen LogP contribution >= 0.6 is 0 Å². The predicted octanol–water partition coefficient (Wildman–Crippen LogP) is 6.30. The van der Waals surface area contributed by atoms with Gasteiger partial charge in [0.25, 0.3) is 0 Å². The van der Waals surface area contributed by atoms with Gasteiger partial charge in [-0.3, -0.25) is 14.2 Å². The van der Waals surface area contributed by atoms with Crippen molar-refractivity contribution in [3.8, 4) is 39.5 Å². The van der Waals surface area contributed by atoms with Crippen molar-refractivity contribution in [1.29, 1.82) is 0 Å². The van der Waals surface area contributed by atoms with Gasteiger partial charge in [0, 0.05) is 54.7 Å². The molecule has 10 nitrogen and oxygen atoms in total. The van der Waals surface area contributed by atoms with E-state index < -0.39 is 11.6 Å². The molecule has 0 N–H and O–H groups in total. The summed E-state index contributed by atoms with van der Waals surface area (Å²) in [5.74, 6) is -1.81. The molecule has 1 aliphatic heterocycles. The number of benzene rings is 2. The van der Waals surface area contributed by atoms with E-state index in [2.05, 4.69) is 11.7 Å². The van der Waals surface area contributed by atoms with Gasteiger partial charge < -0.3 is 18.8 Å². The number of nitrogens with zero attached hydrogens (tertiary/aromatic N) is 6. The largest absolute Gasteiger partial charge is 0.490 e. The first-order chi connectivity index (χ1) is 22.3. The maximum absolute atomic E-state index is 16.0. The summed E-state index contributed by atoms with van der Waals surface area (Å²) in [6.07, 6.45) is 4.57. The molecule has 1 unspecified atom stereocenters. The molecule has 0 radical (unpaired) electrons. The zero-order valence-corrected chi connectivity index (χ0v) is 25.5. The monoisotopic (exact) mass is 624 g/mol. The number of aromatic nitrogens is 5. The number of hydrogen-bond donors (Lipinski definition) is 0. The molecule has 0 saturated heterocycles. The van der Waals surface area contributed by atoms with Gasteiger partial charge in [-0.15, -0.1) is 0 Å². The van der Waals surface area contributed by atoms with Crippen molar-refractivity contribution in [2.45, 2.75) is 19.5 Å². The number of furan rings is 1. The van der Waals surface area contributed by atoms with E-state index in [0.717, 1.165) is 34.3 Å². The van der Waals surface area contributed by atoms with E-state index in [0.29, 0.717) is 46.7 Å². The Morgan fingerprint density at radius 1 is 1.13 bits per heavy atom. The van der Waals surface area contributed by atoms with E-state index in [1.807, 2.05) is 42.9 Å². The zero-order valence-electron chi connectivity index (χ0n) is 25.5. The molecule has 46 heavy (non-hydrogen) atoms. The van der Waals surface area contributed by atoms with Crippen molar-refractivity contribution < 1.29 is 27.5 Å². The number of carbonyl (C=O) groups is 1. The van der Waals surface area contributed by atoms with Crippen LogP contribution in [0.1, 0.15) is 18.7 Å². The third-order valence-electron chi connectivity index (χ3n) is 8.24. The summed E-state index contributed by atoms with van der Waals surface area (Å²) in [6.45, 7) is 6.63. The normalized spacial score (nSPS) is 14.6. The highest BCUT2D eigenvalue weighted by atomic mass is 19.1. The molecule has 0 spiro atoms. The number of amides is 1.